The summed E-state index contributed by atoms with van der Waals surface area (Å²) in [6, 6.07) is 0. The Hall–Kier alpha value is -1.75. The highest BCUT2D eigenvalue weighted by Crippen LogP contribution is 2.32. The lowest BCUT2D eigenvalue weighted by molar-refractivity contribution is -0.128. The van der Waals surface area contributed by atoms with Crippen LogP contribution in [0, 0.1) is 11.8 Å². The molecule has 2 amide bonds. The second-order valence-electron chi connectivity index (χ2n) is 5.57. The molecule has 112 valence electrons. The first-order chi connectivity index (χ1) is 9.95. The van der Waals surface area contributed by atoms with Gasteiger partial charge in [0.05, 0.1) is 0 Å². The van der Waals surface area contributed by atoms with Crippen LogP contribution in [0.1, 0.15) is 26.7 Å². The van der Waals surface area contributed by atoms with Crippen molar-refractivity contribution >= 4 is 29.1 Å². The summed E-state index contributed by atoms with van der Waals surface area (Å²) in [5.74, 6) is -0.198. The molecule has 21 heavy (non-hydrogen) atoms. The first kappa shape index (κ1) is 15.6. The molecule has 2 rings (SSSR count). The van der Waals surface area contributed by atoms with Gasteiger partial charge in [0, 0.05) is 12.5 Å². The number of carbonyl (C=O) groups is 2. The van der Waals surface area contributed by atoms with E-state index in [1.165, 1.54) is 10.5 Å². The molecule has 2 unspecified atom stereocenters. The number of hydrogen-bond acceptors (Lipinski definition) is 3. The second kappa shape index (κ2) is 6.35. The van der Waals surface area contributed by atoms with Gasteiger partial charge in [-0.25, -0.2) is 0 Å². The van der Waals surface area contributed by atoms with E-state index in [0.29, 0.717) is 12.5 Å². The second-order valence-corrected chi connectivity index (χ2v) is 5.96. The van der Waals surface area contributed by atoms with Gasteiger partial charge in [0.15, 0.2) is 5.11 Å². The molecule has 2 atom stereocenters. The Balaban J connectivity index is 2.34. The van der Waals surface area contributed by atoms with E-state index in [1.807, 2.05) is 0 Å². The van der Waals surface area contributed by atoms with Gasteiger partial charge in [-0.1, -0.05) is 30.7 Å². The monoisotopic (exact) mass is 304 g/mol. The first-order valence-corrected chi connectivity index (χ1v) is 7.53. The van der Waals surface area contributed by atoms with Crippen molar-refractivity contribution in [3.05, 3.63) is 36.0 Å². The lowest BCUT2D eigenvalue weighted by Crippen LogP contribution is -2.54. The van der Waals surface area contributed by atoms with Gasteiger partial charge in [-0.05, 0) is 37.9 Å². The summed E-state index contributed by atoms with van der Waals surface area (Å²) in [5, 5.41) is 2.72. The molecular weight excluding hydrogens is 284 g/mol. The maximum Gasteiger partial charge on any atom is 0.265 e. The smallest absolute Gasteiger partial charge is 0.265 e. The van der Waals surface area contributed by atoms with Crippen LogP contribution in [0.2, 0.25) is 0 Å². The maximum atomic E-state index is 12.5. The van der Waals surface area contributed by atoms with Gasteiger partial charge in [-0.3, -0.25) is 19.8 Å². The van der Waals surface area contributed by atoms with Crippen LogP contribution in [0.25, 0.3) is 0 Å². The zero-order valence-corrected chi connectivity index (χ0v) is 13.2. The SMILES string of the molecule is C=CCN1C(=O)/C(=C/C2C(C)=CCCC2C)C(=O)NC1=S. The van der Waals surface area contributed by atoms with Crippen LogP contribution in [-0.2, 0) is 9.59 Å². The molecule has 0 spiro atoms. The van der Waals surface area contributed by atoms with Crippen LogP contribution in [0.15, 0.2) is 36.0 Å². The van der Waals surface area contributed by atoms with Crippen LogP contribution in [-0.4, -0.2) is 28.4 Å². The largest absolute Gasteiger partial charge is 0.298 e. The lowest BCUT2D eigenvalue weighted by Gasteiger charge is -2.31. The Kier molecular flexibility index (Phi) is 4.73. The Morgan fingerprint density at radius 2 is 2.24 bits per heavy atom. The van der Waals surface area contributed by atoms with E-state index in [0.717, 1.165) is 12.8 Å². The van der Waals surface area contributed by atoms with Crippen molar-refractivity contribution in [1.82, 2.24) is 10.2 Å². The topological polar surface area (TPSA) is 49.4 Å². The molecule has 4 nitrogen and oxygen atoms in total. The fourth-order valence-electron chi connectivity index (χ4n) is 2.82. The number of nitrogens with zero attached hydrogens (tertiary/aromatic N) is 1. The first-order valence-electron chi connectivity index (χ1n) is 7.12. The van der Waals surface area contributed by atoms with Crippen LogP contribution < -0.4 is 5.32 Å². The third-order valence-electron chi connectivity index (χ3n) is 4.07. The van der Waals surface area contributed by atoms with Crippen LogP contribution >= 0.6 is 12.2 Å². The van der Waals surface area contributed by atoms with Crippen LogP contribution in [0.5, 0.6) is 0 Å². The summed E-state index contributed by atoms with van der Waals surface area (Å²) >= 11 is 5.04. The number of hydrogen-bond donors (Lipinski definition) is 1. The van der Waals surface area contributed by atoms with Crippen molar-refractivity contribution < 1.29 is 9.59 Å². The van der Waals surface area contributed by atoms with E-state index in [-0.39, 0.29) is 22.5 Å². The van der Waals surface area contributed by atoms with Gasteiger partial charge in [-0.2, -0.15) is 0 Å². The number of allylic oxidation sites excluding steroid dienone is 3. The normalized spacial score (nSPS) is 28.5. The molecule has 1 aliphatic heterocycles. The molecule has 1 heterocycles. The highest BCUT2D eigenvalue weighted by atomic mass is 32.1. The van der Waals surface area contributed by atoms with Crippen molar-refractivity contribution in [2.45, 2.75) is 26.7 Å². The molecule has 1 saturated heterocycles. The summed E-state index contributed by atoms with van der Waals surface area (Å²) in [5.41, 5.74) is 1.39. The summed E-state index contributed by atoms with van der Waals surface area (Å²) in [6.45, 7) is 8.11. The number of amides is 2. The summed E-state index contributed by atoms with van der Waals surface area (Å²) in [4.78, 5) is 25.9. The van der Waals surface area contributed by atoms with Crippen LogP contribution in [0.3, 0.4) is 0 Å². The lowest BCUT2D eigenvalue weighted by atomic mass is 9.79. The van der Waals surface area contributed by atoms with E-state index in [9.17, 15) is 9.59 Å². The zero-order chi connectivity index (χ0) is 15.6. The molecule has 2 aliphatic rings. The van der Waals surface area contributed by atoms with Crippen molar-refractivity contribution in [2.24, 2.45) is 11.8 Å². The van der Waals surface area contributed by atoms with Gasteiger partial charge < -0.3 is 0 Å². The Bertz CT molecular complexity index is 563. The molecule has 1 fully saturated rings. The van der Waals surface area contributed by atoms with Gasteiger partial charge in [0.2, 0.25) is 0 Å². The molecular formula is C16H20N2O2S. The molecule has 0 saturated carbocycles. The van der Waals surface area contributed by atoms with Crippen molar-refractivity contribution in [2.75, 3.05) is 6.54 Å². The highest BCUT2D eigenvalue weighted by Gasteiger charge is 2.34. The van der Waals surface area contributed by atoms with Crippen molar-refractivity contribution in [3.8, 4) is 0 Å². The highest BCUT2D eigenvalue weighted by molar-refractivity contribution is 7.80. The fourth-order valence-corrected chi connectivity index (χ4v) is 3.07. The molecule has 1 aliphatic carbocycles. The summed E-state index contributed by atoms with van der Waals surface area (Å²) in [6.07, 6.45) is 7.69. The summed E-state index contributed by atoms with van der Waals surface area (Å²) < 4.78 is 0. The van der Waals surface area contributed by atoms with Crippen LogP contribution in [0.4, 0.5) is 0 Å². The molecule has 0 aromatic carbocycles. The molecule has 0 bridgehead atoms. The molecule has 0 radical (unpaired) electrons. The fraction of sp³-hybridized carbons (Fsp3) is 0.438. The maximum absolute atomic E-state index is 12.5. The van der Waals surface area contributed by atoms with E-state index in [2.05, 4.69) is 31.8 Å². The number of thiocarbonyl (C=S) groups is 1. The third kappa shape index (κ3) is 3.13. The third-order valence-corrected chi connectivity index (χ3v) is 4.39. The molecule has 0 aromatic heterocycles. The van der Waals surface area contributed by atoms with Gasteiger partial charge >= 0.3 is 0 Å². The predicted octanol–water partition coefficient (Wildman–Crippen LogP) is 2.33. The molecule has 0 aromatic rings. The Morgan fingerprint density at radius 3 is 2.86 bits per heavy atom. The standard InChI is InChI=1S/C16H20N2O2S/c1-4-8-18-15(20)13(14(19)17-16(18)21)9-12-10(2)6-5-7-11(12)3/h4,6,9,11-12H,1,5,7-8H2,2-3H3,(H,17,19,21)/b13-9+. The van der Waals surface area contributed by atoms with Gasteiger partial charge in [-0.15, -0.1) is 6.58 Å². The Morgan fingerprint density at radius 1 is 1.52 bits per heavy atom. The molecule has 5 heteroatoms. The zero-order valence-electron chi connectivity index (χ0n) is 12.4. The minimum absolute atomic E-state index is 0.126. The van der Waals surface area contributed by atoms with Crippen molar-refractivity contribution in [3.63, 3.8) is 0 Å². The number of carbonyl (C=O) groups excluding carboxylic acids is 2. The number of nitrogens with one attached hydrogen (secondary N) is 1. The van der Waals surface area contributed by atoms with E-state index < -0.39 is 5.91 Å². The quantitative estimate of drug-likeness (QED) is 0.377. The summed E-state index contributed by atoms with van der Waals surface area (Å²) in [7, 11) is 0. The number of rotatable bonds is 3. The van der Waals surface area contributed by atoms with Gasteiger partial charge in [0.25, 0.3) is 11.8 Å². The minimum atomic E-state index is -0.407. The minimum Gasteiger partial charge on any atom is -0.298 e. The van der Waals surface area contributed by atoms with Gasteiger partial charge in [0.1, 0.15) is 5.57 Å². The average Bonchev–Trinajstić information content (AvgIpc) is 2.42. The van der Waals surface area contributed by atoms with E-state index in [4.69, 9.17) is 12.2 Å². The van der Waals surface area contributed by atoms with Crippen molar-refractivity contribution in [1.29, 1.82) is 0 Å². The van der Waals surface area contributed by atoms with E-state index in [1.54, 1.807) is 12.2 Å². The average molecular weight is 304 g/mol. The predicted molar refractivity (Wildman–Crippen MR) is 86.4 cm³/mol. The van der Waals surface area contributed by atoms with E-state index >= 15 is 0 Å². The molecule has 1 N–H and O–H groups in total. The Labute approximate surface area is 130 Å².